The molecule has 0 heterocycles. The average molecular weight is 164 g/mol. The minimum absolute atomic E-state index is 0.435. The molecule has 0 fully saturated rings. The van der Waals surface area contributed by atoms with Crippen molar-refractivity contribution in [3.8, 4) is 11.8 Å². The van der Waals surface area contributed by atoms with Gasteiger partial charge >= 0.3 is 0 Å². The van der Waals surface area contributed by atoms with E-state index in [2.05, 4.69) is 39.5 Å². The van der Waals surface area contributed by atoms with Gasteiger partial charge in [-0.1, -0.05) is 27.7 Å². The van der Waals surface area contributed by atoms with E-state index >= 15 is 0 Å². The van der Waals surface area contributed by atoms with Gasteiger partial charge in [-0.15, -0.1) is 11.8 Å². The lowest BCUT2D eigenvalue weighted by atomic mass is 9.74. The van der Waals surface area contributed by atoms with Crippen molar-refractivity contribution in [2.24, 2.45) is 10.8 Å². The van der Waals surface area contributed by atoms with Crippen molar-refractivity contribution in [1.29, 1.82) is 0 Å². The minimum Gasteiger partial charge on any atom is -0.103 e. The van der Waals surface area contributed by atoms with Crippen molar-refractivity contribution >= 4 is 0 Å². The van der Waals surface area contributed by atoms with Crippen LogP contribution in [0.25, 0.3) is 0 Å². The third-order valence-electron chi connectivity index (χ3n) is 2.74. The fourth-order valence-corrected chi connectivity index (χ4v) is 1.46. The van der Waals surface area contributed by atoms with E-state index in [1.165, 1.54) is 12.8 Å². The van der Waals surface area contributed by atoms with Crippen LogP contribution in [-0.2, 0) is 0 Å². The van der Waals surface area contributed by atoms with Crippen molar-refractivity contribution in [3.63, 3.8) is 0 Å². The van der Waals surface area contributed by atoms with Crippen LogP contribution >= 0.6 is 0 Å². The summed E-state index contributed by atoms with van der Waals surface area (Å²) in [6.07, 6.45) is 4.77. The average Bonchev–Trinajstić information content (AvgIpc) is 1.94. The molecule has 68 valence electrons. The summed E-state index contributed by atoms with van der Waals surface area (Å²) in [5.41, 5.74) is 0.870. The molecule has 0 nitrogen and oxygen atoms in total. The highest BCUT2D eigenvalue weighted by atomic mass is 14.3. The SMILES string of the molecule is CC1(C)CC#CCC(C)(C)CC1. The molecule has 0 spiro atoms. The standard InChI is InChI=1S/C12H20/c1-11(2)7-5-6-8-12(3,4)10-9-11/h7-10H2,1-4H3. The highest BCUT2D eigenvalue weighted by Gasteiger charge is 2.24. The van der Waals surface area contributed by atoms with Crippen LogP contribution in [0.4, 0.5) is 0 Å². The highest BCUT2D eigenvalue weighted by Crippen LogP contribution is 2.36. The van der Waals surface area contributed by atoms with Crippen LogP contribution in [-0.4, -0.2) is 0 Å². The summed E-state index contributed by atoms with van der Waals surface area (Å²) in [6.45, 7) is 9.29. The third kappa shape index (κ3) is 2.89. The van der Waals surface area contributed by atoms with E-state index in [9.17, 15) is 0 Å². The highest BCUT2D eigenvalue weighted by molar-refractivity contribution is 5.06. The van der Waals surface area contributed by atoms with Gasteiger partial charge in [-0.05, 0) is 23.7 Å². The van der Waals surface area contributed by atoms with Crippen LogP contribution in [0.1, 0.15) is 53.4 Å². The molecule has 0 radical (unpaired) electrons. The molecule has 1 rings (SSSR count). The summed E-state index contributed by atoms with van der Waals surface area (Å²) in [4.78, 5) is 0. The van der Waals surface area contributed by atoms with Crippen LogP contribution in [0.2, 0.25) is 0 Å². The predicted molar refractivity (Wildman–Crippen MR) is 53.8 cm³/mol. The van der Waals surface area contributed by atoms with Crippen LogP contribution < -0.4 is 0 Å². The summed E-state index contributed by atoms with van der Waals surface area (Å²) >= 11 is 0. The summed E-state index contributed by atoms with van der Waals surface area (Å²) in [5.74, 6) is 6.57. The Labute approximate surface area is 76.7 Å². The van der Waals surface area contributed by atoms with Gasteiger partial charge in [-0.2, -0.15) is 0 Å². The van der Waals surface area contributed by atoms with Gasteiger partial charge in [0.05, 0.1) is 0 Å². The van der Waals surface area contributed by atoms with Gasteiger partial charge in [-0.3, -0.25) is 0 Å². The number of hydrogen-bond donors (Lipinski definition) is 0. The molecule has 0 aromatic rings. The van der Waals surface area contributed by atoms with E-state index < -0.39 is 0 Å². The van der Waals surface area contributed by atoms with Gasteiger partial charge < -0.3 is 0 Å². The Morgan fingerprint density at radius 1 is 0.750 bits per heavy atom. The second-order valence-electron chi connectivity index (χ2n) is 5.54. The Kier molecular flexibility index (Phi) is 2.52. The van der Waals surface area contributed by atoms with Gasteiger partial charge in [0.2, 0.25) is 0 Å². The quantitative estimate of drug-likeness (QED) is 0.480. The first-order valence-corrected chi connectivity index (χ1v) is 4.87. The van der Waals surface area contributed by atoms with Gasteiger partial charge in [0, 0.05) is 12.8 Å². The van der Waals surface area contributed by atoms with Crippen molar-refractivity contribution in [2.45, 2.75) is 53.4 Å². The molecular weight excluding hydrogens is 144 g/mol. The molecule has 0 N–H and O–H groups in total. The van der Waals surface area contributed by atoms with E-state index in [4.69, 9.17) is 0 Å². The Morgan fingerprint density at radius 3 is 1.42 bits per heavy atom. The maximum Gasteiger partial charge on any atom is 0.0140 e. The molecule has 0 atom stereocenters. The lowest BCUT2D eigenvalue weighted by Crippen LogP contribution is -2.19. The van der Waals surface area contributed by atoms with Crippen molar-refractivity contribution in [2.75, 3.05) is 0 Å². The maximum atomic E-state index is 3.28. The molecule has 0 saturated heterocycles. The fourth-order valence-electron chi connectivity index (χ4n) is 1.46. The Bertz CT molecular complexity index is 188. The molecule has 12 heavy (non-hydrogen) atoms. The smallest absolute Gasteiger partial charge is 0.0140 e. The van der Waals surface area contributed by atoms with Crippen LogP contribution in [0, 0.1) is 22.7 Å². The van der Waals surface area contributed by atoms with Gasteiger partial charge in [0.15, 0.2) is 0 Å². The van der Waals surface area contributed by atoms with Crippen molar-refractivity contribution in [3.05, 3.63) is 0 Å². The zero-order chi connectivity index (χ0) is 9.24. The van der Waals surface area contributed by atoms with Gasteiger partial charge in [-0.25, -0.2) is 0 Å². The molecule has 0 unspecified atom stereocenters. The van der Waals surface area contributed by atoms with Crippen LogP contribution in [0.3, 0.4) is 0 Å². The van der Waals surface area contributed by atoms with E-state index in [0.717, 1.165) is 12.8 Å². The molecule has 0 aromatic carbocycles. The summed E-state index contributed by atoms with van der Waals surface area (Å²) in [7, 11) is 0. The molecule has 0 aromatic heterocycles. The summed E-state index contributed by atoms with van der Waals surface area (Å²) < 4.78 is 0. The van der Waals surface area contributed by atoms with E-state index in [1.807, 2.05) is 0 Å². The fraction of sp³-hybridized carbons (Fsp3) is 0.833. The van der Waals surface area contributed by atoms with Crippen molar-refractivity contribution < 1.29 is 0 Å². The molecule has 0 aliphatic heterocycles. The molecule has 0 heteroatoms. The largest absolute Gasteiger partial charge is 0.103 e. The van der Waals surface area contributed by atoms with E-state index in [-0.39, 0.29) is 0 Å². The van der Waals surface area contributed by atoms with Crippen LogP contribution in [0.5, 0.6) is 0 Å². The first-order chi connectivity index (χ1) is 5.41. The van der Waals surface area contributed by atoms with Gasteiger partial charge in [0.1, 0.15) is 0 Å². The lowest BCUT2D eigenvalue weighted by Gasteiger charge is -2.30. The third-order valence-corrected chi connectivity index (χ3v) is 2.74. The second kappa shape index (κ2) is 3.13. The zero-order valence-electron chi connectivity index (χ0n) is 8.83. The zero-order valence-corrected chi connectivity index (χ0v) is 8.83. The van der Waals surface area contributed by atoms with Crippen molar-refractivity contribution in [1.82, 2.24) is 0 Å². The molecule has 1 aliphatic rings. The molecule has 0 saturated carbocycles. The molecule has 0 bridgehead atoms. The normalized spacial score (nSPS) is 26.3. The molecule has 1 aliphatic carbocycles. The Hall–Kier alpha value is -0.440. The second-order valence-corrected chi connectivity index (χ2v) is 5.54. The number of rotatable bonds is 0. The Morgan fingerprint density at radius 2 is 1.08 bits per heavy atom. The molecule has 0 amide bonds. The Balaban J connectivity index is 2.69. The first-order valence-electron chi connectivity index (χ1n) is 4.87. The predicted octanol–water partition coefficient (Wildman–Crippen LogP) is 3.62. The van der Waals surface area contributed by atoms with E-state index in [1.54, 1.807) is 0 Å². The topological polar surface area (TPSA) is 0 Å². The first kappa shape index (κ1) is 9.65. The summed E-state index contributed by atoms with van der Waals surface area (Å²) in [5, 5.41) is 0. The van der Waals surface area contributed by atoms with Crippen LogP contribution in [0.15, 0.2) is 0 Å². The molecular formula is C12H20. The maximum absolute atomic E-state index is 3.28. The number of hydrogen-bond acceptors (Lipinski definition) is 0. The van der Waals surface area contributed by atoms with Gasteiger partial charge in [0.25, 0.3) is 0 Å². The lowest BCUT2D eigenvalue weighted by molar-refractivity contribution is 0.242. The minimum atomic E-state index is 0.435. The summed E-state index contributed by atoms with van der Waals surface area (Å²) in [6, 6.07) is 0. The van der Waals surface area contributed by atoms with E-state index in [0.29, 0.717) is 10.8 Å². The monoisotopic (exact) mass is 164 g/mol.